The molecule has 0 radical (unpaired) electrons. The number of carbonyl (C=O) groups is 1. The molecule has 1 amide bonds. The van der Waals surface area contributed by atoms with Gasteiger partial charge in [0.2, 0.25) is 5.09 Å². The van der Waals surface area contributed by atoms with Crippen molar-refractivity contribution >= 4 is 15.9 Å². The predicted octanol–water partition coefficient (Wildman–Crippen LogP) is 0.822. The maximum atomic E-state index is 12.5. The number of furan rings is 1. The molecule has 0 aliphatic carbocycles. The Morgan fingerprint density at radius 3 is 2.52 bits per heavy atom. The van der Waals surface area contributed by atoms with Crippen LogP contribution in [0, 0.1) is 0 Å². The molecule has 2 aromatic rings. The van der Waals surface area contributed by atoms with Gasteiger partial charge >= 0.3 is 0 Å². The van der Waals surface area contributed by atoms with E-state index in [1.165, 1.54) is 24.1 Å². The molecular formula is C15H18N2O5S. The van der Waals surface area contributed by atoms with Crippen LogP contribution in [0.1, 0.15) is 16.1 Å². The minimum atomic E-state index is -3.74. The zero-order chi connectivity index (χ0) is 16.9. The summed E-state index contributed by atoms with van der Waals surface area (Å²) in [6.45, 7) is 0.193. The normalized spacial score (nSPS) is 11.4. The van der Waals surface area contributed by atoms with Crippen molar-refractivity contribution in [3.63, 3.8) is 0 Å². The summed E-state index contributed by atoms with van der Waals surface area (Å²) in [5.41, 5.74) is 0.893. The molecule has 0 aliphatic heterocycles. The molecule has 0 unspecified atom stereocenters. The molecule has 0 saturated carbocycles. The van der Waals surface area contributed by atoms with Gasteiger partial charge < -0.3 is 14.4 Å². The maximum absolute atomic E-state index is 12.5. The summed E-state index contributed by atoms with van der Waals surface area (Å²) >= 11 is 0. The van der Waals surface area contributed by atoms with Crippen molar-refractivity contribution in [3.05, 3.63) is 53.8 Å². The maximum Gasteiger partial charge on any atom is 0.289 e. The zero-order valence-corrected chi connectivity index (χ0v) is 13.4. The van der Waals surface area contributed by atoms with Gasteiger partial charge in [0.05, 0.1) is 6.61 Å². The van der Waals surface area contributed by atoms with Gasteiger partial charge in [-0.05, 0) is 24.7 Å². The number of carbonyl (C=O) groups excluding carboxylic acids is 1. The second-order valence-electron chi connectivity index (χ2n) is 4.76. The highest BCUT2D eigenvalue weighted by Gasteiger charge is 2.23. The van der Waals surface area contributed by atoms with Crippen LogP contribution in [0.4, 0.5) is 0 Å². The van der Waals surface area contributed by atoms with Crippen LogP contribution in [0.5, 0.6) is 0 Å². The predicted molar refractivity (Wildman–Crippen MR) is 83.2 cm³/mol. The molecule has 7 nitrogen and oxygen atoms in total. The third kappa shape index (κ3) is 4.19. The third-order valence-corrected chi connectivity index (χ3v) is 4.49. The van der Waals surface area contributed by atoms with Crippen LogP contribution in [0.3, 0.4) is 0 Å². The summed E-state index contributed by atoms with van der Waals surface area (Å²) in [7, 11) is -2.49. The van der Waals surface area contributed by atoms with E-state index in [2.05, 4.69) is 4.72 Å². The molecule has 0 fully saturated rings. The first-order valence-corrected chi connectivity index (χ1v) is 8.43. The molecule has 1 aromatic heterocycles. The minimum absolute atomic E-state index is 0.0943. The number of hydrogen-bond donors (Lipinski definition) is 2. The second kappa shape index (κ2) is 7.40. The number of amides is 1. The molecule has 0 saturated heterocycles. The van der Waals surface area contributed by atoms with Crippen molar-refractivity contribution in [2.45, 2.75) is 11.6 Å². The molecule has 23 heavy (non-hydrogen) atoms. The van der Waals surface area contributed by atoms with Crippen LogP contribution in [-0.4, -0.2) is 44.5 Å². The first-order valence-electron chi connectivity index (χ1n) is 6.95. The van der Waals surface area contributed by atoms with E-state index < -0.39 is 15.9 Å². The fourth-order valence-electron chi connectivity index (χ4n) is 2.01. The van der Waals surface area contributed by atoms with Gasteiger partial charge in [0, 0.05) is 13.1 Å². The quantitative estimate of drug-likeness (QED) is 0.779. The summed E-state index contributed by atoms with van der Waals surface area (Å²) in [5.74, 6) is -0.580. The highest BCUT2D eigenvalue weighted by atomic mass is 32.2. The summed E-state index contributed by atoms with van der Waals surface area (Å²) in [6.07, 6.45) is 0. The van der Waals surface area contributed by atoms with E-state index in [0.717, 1.165) is 5.56 Å². The van der Waals surface area contributed by atoms with Gasteiger partial charge in [-0.3, -0.25) is 4.79 Å². The number of hydrogen-bond acceptors (Lipinski definition) is 5. The average molecular weight is 338 g/mol. The third-order valence-electron chi connectivity index (χ3n) is 3.20. The molecule has 0 bridgehead atoms. The number of rotatable bonds is 7. The molecule has 8 heteroatoms. The van der Waals surface area contributed by atoms with Gasteiger partial charge in [0.1, 0.15) is 0 Å². The first kappa shape index (κ1) is 17.2. The van der Waals surface area contributed by atoms with E-state index in [-0.39, 0.29) is 30.5 Å². The van der Waals surface area contributed by atoms with Crippen LogP contribution >= 0.6 is 0 Å². The number of nitrogens with zero attached hydrogens (tertiary/aromatic N) is 1. The Labute approximate surface area is 134 Å². The van der Waals surface area contributed by atoms with E-state index >= 15 is 0 Å². The number of aliphatic hydroxyl groups is 1. The molecule has 0 atom stereocenters. The Morgan fingerprint density at radius 1 is 1.22 bits per heavy atom. The van der Waals surface area contributed by atoms with E-state index in [9.17, 15) is 13.2 Å². The summed E-state index contributed by atoms with van der Waals surface area (Å²) in [4.78, 5) is 13.9. The van der Waals surface area contributed by atoms with E-state index in [4.69, 9.17) is 9.52 Å². The van der Waals surface area contributed by atoms with Gasteiger partial charge in [-0.1, -0.05) is 30.3 Å². The lowest BCUT2D eigenvalue weighted by Crippen LogP contribution is -2.32. The molecule has 0 spiro atoms. The lowest BCUT2D eigenvalue weighted by atomic mass is 10.2. The van der Waals surface area contributed by atoms with Gasteiger partial charge in [-0.15, -0.1) is 0 Å². The number of sulfonamides is 1. The Kier molecular flexibility index (Phi) is 5.54. The molecule has 1 heterocycles. The van der Waals surface area contributed by atoms with Crippen LogP contribution in [0.2, 0.25) is 0 Å². The molecule has 1 aromatic carbocycles. The van der Waals surface area contributed by atoms with Crippen molar-refractivity contribution in [1.82, 2.24) is 9.62 Å². The van der Waals surface area contributed by atoms with Crippen molar-refractivity contribution < 1.29 is 22.7 Å². The molecular weight excluding hydrogens is 320 g/mol. The Balaban J connectivity index is 2.21. The number of nitrogens with one attached hydrogen (secondary N) is 1. The van der Waals surface area contributed by atoms with E-state index in [1.807, 2.05) is 30.3 Å². The summed E-state index contributed by atoms with van der Waals surface area (Å²) in [6, 6.07) is 11.8. The van der Waals surface area contributed by atoms with Crippen molar-refractivity contribution in [3.8, 4) is 0 Å². The summed E-state index contributed by atoms with van der Waals surface area (Å²) < 4.78 is 30.6. The zero-order valence-electron chi connectivity index (χ0n) is 12.6. The van der Waals surface area contributed by atoms with Crippen LogP contribution in [0.15, 0.2) is 52.0 Å². The van der Waals surface area contributed by atoms with Crippen molar-refractivity contribution in [1.29, 1.82) is 0 Å². The molecule has 2 rings (SSSR count). The Hall–Kier alpha value is -2.16. The number of aliphatic hydroxyl groups excluding tert-OH is 1. The van der Waals surface area contributed by atoms with Crippen LogP contribution in [-0.2, 0) is 16.6 Å². The van der Waals surface area contributed by atoms with Crippen molar-refractivity contribution in [2.75, 3.05) is 20.2 Å². The van der Waals surface area contributed by atoms with Crippen LogP contribution < -0.4 is 4.72 Å². The minimum Gasteiger partial charge on any atom is -0.438 e. The standard InChI is InChI=1S/C15H18N2O5S/c1-16-23(20,21)14-8-7-13(22-14)15(19)17(9-10-18)11-12-5-3-2-4-6-12/h2-8,16,18H,9-11H2,1H3. The SMILES string of the molecule is CNS(=O)(=O)c1ccc(C(=O)N(CCO)Cc2ccccc2)o1. The Morgan fingerprint density at radius 2 is 1.91 bits per heavy atom. The molecule has 0 aliphatic rings. The van der Waals surface area contributed by atoms with Crippen LogP contribution in [0.25, 0.3) is 0 Å². The largest absolute Gasteiger partial charge is 0.438 e. The summed E-state index contributed by atoms with van der Waals surface area (Å²) in [5, 5.41) is 8.83. The van der Waals surface area contributed by atoms with E-state index in [1.54, 1.807) is 0 Å². The highest BCUT2D eigenvalue weighted by molar-refractivity contribution is 7.89. The Bertz CT molecular complexity index is 755. The first-order chi connectivity index (χ1) is 11.0. The lowest BCUT2D eigenvalue weighted by Gasteiger charge is -2.20. The average Bonchev–Trinajstić information content (AvgIpc) is 3.05. The van der Waals surface area contributed by atoms with Gasteiger partial charge in [-0.2, -0.15) is 0 Å². The highest BCUT2D eigenvalue weighted by Crippen LogP contribution is 2.16. The smallest absolute Gasteiger partial charge is 0.289 e. The van der Waals surface area contributed by atoms with Gasteiger partial charge in [-0.25, -0.2) is 13.1 Å². The van der Waals surface area contributed by atoms with Gasteiger partial charge in [0.25, 0.3) is 15.9 Å². The molecule has 2 N–H and O–H groups in total. The van der Waals surface area contributed by atoms with Gasteiger partial charge in [0.15, 0.2) is 5.76 Å². The van der Waals surface area contributed by atoms with E-state index in [0.29, 0.717) is 0 Å². The number of benzene rings is 1. The fourth-order valence-corrected chi connectivity index (χ4v) is 2.66. The molecule has 124 valence electrons. The monoisotopic (exact) mass is 338 g/mol. The lowest BCUT2D eigenvalue weighted by molar-refractivity contribution is 0.0670. The fraction of sp³-hybridized carbons (Fsp3) is 0.267. The second-order valence-corrected chi connectivity index (χ2v) is 6.58. The van der Waals surface area contributed by atoms with Crippen molar-refractivity contribution in [2.24, 2.45) is 0 Å². The topological polar surface area (TPSA) is 99.9 Å².